The summed E-state index contributed by atoms with van der Waals surface area (Å²) in [5, 5.41) is 2.94. The van der Waals surface area contributed by atoms with E-state index >= 15 is 0 Å². The molecule has 1 fully saturated rings. The number of urea groups is 1. The highest BCUT2D eigenvalue weighted by Crippen LogP contribution is 2.28. The van der Waals surface area contributed by atoms with Crippen LogP contribution in [0.3, 0.4) is 0 Å². The van der Waals surface area contributed by atoms with Crippen LogP contribution in [-0.2, 0) is 24.9 Å². The monoisotopic (exact) mass is 460 g/mol. The number of hydrogen-bond donors (Lipinski definition) is 1. The van der Waals surface area contributed by atoms with Gasteiger partial charge in [-0.2, -0.15) is 0 Å². The Kier molecular flexibility index (Phi) is 7.52. The van der Waals surface area contributed by atoms with Gasteiger partial charge in [0.15, 0.2) is 0 Å². The van der Waals surface area contributed by atoms with E-state index < -0.39 is 0 Å². The largest absolute Gasteiger partial charge is 0.494 e. The van der Waals surface area contributed by atoms with Crippen LogP contribution in [-0.4, -0.2) is 45.5 Å². The number of benzene rings is 2. The average molecular weight is 461 g/mol. The maximum Gasteiger partial charge on any atom is 0.322 e. The van der Waals surface area contributed by atoms with Gasteiger partial charge in [-0.3, -0.25) is 4.79 Å². The summed E-state index contributed by atoms with van der Waals surface area (Å²) in [6, 6.07) is 21.1. The van der Waals surface area contributed by atoms with Crippen LogP contribution in [0.5, 0.6) is 5.75 Å². The van der Waals surface area contributed by atoms with Gasteiger partial charge in [-0.25, -0.2) is 4.79 Å². The van der Waals surface area contributed by atoms with Crippen molar-refractivity contribution < 1.29 is 14.3 Å². The van der Waals surface area contributed by atoms with Crippen LogP contribution in [0, 0.1) is 0 Å². The van der Waals surface area contributed by atoms with Gasteiger partial charge in [-0.05, 0) is 61.7 Å². The number of amides is 3. The second-order valence-corrected chi connectivity index (χ2v) is 8.59. The van der Waals surface area contributed by atoms with Crippen molar-refractivity contribution in [2.75, 3.05) is 18.5 Å². The molecular formula is C27H32N4O3. The fourth-order valence-corrected chi connectivity index (χ4v) is 3.89. The van der Waals surface area contributed by atoms with Crippen LogP contribution in [0.25, 0.3) is 0 Å². The summed E-state index contributed by atoms with van der Waals surface area (Å²) < 4.78 is 7.48. The highest BCUT2D eigenvalue weighted by atomic mass is 16.5. The van der Waals surface area contributed by atoms with Gasteiger partial charge < -0.3 is 24.4 Å². The lowest BCUT2D eigenvalue weighted by Crippen LogP contribution is -2.45. The first-order chi connectivity index (χ1) is 16.5. The third-order valence-corrected chi connectivity index (χ3v) is 5.94. The minimum atomic E-state index is -0.251. The van der Waals surface area contributed by atoms with Gasteiger partial charge in [0, 0.05) is 37.2 Å². The topological polar surface area (TPSA) is 66.8 Å². The summed E-state index contributed by atoms with van der Waals surface area (Å²) in [6.45, 7) is 3.54. The average Bonchev–Trinajstić information content (AvgIpc) is 3.60. The Hall–Kier alpha value is -3.74. The first kappa shape index (κ1) is 23.4. The molecule has 4 rings (SSSR count). The quantitative estimate of drug-likeness (QED) is 0.479. The molecule has 7 nitrogen and oxygen atoms in total. The Labute approximate surface area is 200 Å². The van der Waals surface area contributed by atoms with Crippen molar-refractivity contribution >= 4 is 17.6 Å². The molecule has 1 N–H and O–H groups in total. The lowest BCUT2D eigenvalue weighted by Gasteiger charge is -2.28. The molecule has 1 aliphatic rings. The Morgan fingerprint density at radius 1 is 1.00 bits per heavy atom. The fraction of sp³-hybridized carbons (Fsp3) is 0.333. The molecule has 3 amide bonds. The number of hydrogen-bond acceptors (Lipinski definition) is 3. The third kappa shape index (κ3) is 6.19. The van der Waals surface area contributed by atoms with E-state index in [9.17, 15) is 9.59 Å². The molecule has 0 saturated heterocycles. The highest BCUT2D eigenvalue weighted by molar-refractivity contribution is 5.92. The molecule has 0 unspecified atom stereocenters. The number of ether oxygens (including phenoxy) is 1. The molecule has 1 heterocycles. The van der Waals surface area contributed by atoms with Gasteiger partial charge in [0.25, 0.3) is 0 Å². The number of nitrogens with one attached hydrogen (secondary N) is 1. The fourth-order valence-electron chi connectivity index (χ4n) is 3.89. The third-order valence-electron chi connectivity index (χ3n) is 5.94. The smallest absolute Gasteiger partial charge is 0.322 e. The Bertz CT molecular complexity index is 1090. The number of carbonyl (C=O) groups excluding carboxylic acids is 2. The van der Waals surface area contributed by atoms with E-state index in [2.05, 4.69) is 5.32 Å². The summed E-state index contributed by atoms with van der Waals surface area (Å²) in [6.07, 6.45) is 3.81. The van der Waals surface area contributed by atoms with E-state index in [0.29, 0.717) is 25.4 Å². The van der Waals surface area contributed by atoms with Crippen LogP contribution in [0.15, 0.2) is 72.9 Å². The normalized spacial score (nSPS) is 12.8. The lowest BCUT2D eigenvalue weighted by atomic mass is 10.2. The molecule has 0 aliphatic heterocycles. The summed E-state index contributed by atoms with van der Waals surface area (Å²) in [5.74, 6) is 0.686. The molecule has 1 aliphatic carbocycles. The second kappa shape index (κ2) is 10.9. The van der Waals surface area contributed by atoms with Crippen molar-refractivity contribution in [2.45, 2.75) is 38.9 Å². The minimum absolute atomic E-state index is 0.0464. The van der Waals surface area contributed by atoms with E-state index in [0.717, 1.165) is 29.8 Å². The zero-order chi connectivity index (χ0) is 23.9. The van der Waals surface area contributed by atoms with E-state index in [1.54, 1.807) is 4.90 Å². The SMILES string of the molecule is CCOc1ccc(NC(=O)N(CC(=O)N(Cc2ccccc2)Cc2cccn2C)C2CC2)cc1. The van der Waals surface area contributed by atoms with E-state index in [1.165, 1.54) is 0 Å². The predicted molar refractivity (Wildman–Crippen MR) is 132 cm³/mol. The number of rotatable bonds is 10. The van der Waals surface area contributed by atoms with Crippen molar-refractivity contribution in [3.63, 3.8) is 0 Å². The Morgan fingerprint density at radius 2 is 1.74 bits per heavy atom. The van der Waals surface area contributed by atoms with Gasteiger partial charge >= 0.3 is 6.03 Å². The summed E-state index contributed by atoms with van der Waals surface area (Å²) >= 11 is 0. The molecule has 0 radical (unpaired) electrons. The molecule has 2 aromatic carbocycles. The predicted octanol–water partition coefficient (Wildman–Crippen LogP) is 4.65. The number of carbonyl (C=O) groups is 2. The van der Waals surface area contributed by atoms with Crippen LogP contribution in [0.2, 0.25) is 0 Å². The van der Waals surface area contributed by atoms with Crippen LogP contribution >= 0.6 is 0 Å². The van der Waals surface area contributed by atoms with E-state index in [4.69, 9.17) is 4.74 Å². The van der Waals surface area contributed by atoms with Gasteiger partial charge in [-0.1, -0.05) is 30.3 Å². The zero-order valence-electron chi connectivity index (χ0n) is 19.8. The molecule has 0 bridgehead atoms. The minimum Gasteiger partial charge on any atom is -0.494 e. The van der Waals surface area contributed by atoms with Crippen LogP contribution < -0.4 is 10.1 Å². The molecule has 34 heavy (non-hydrogen) atoms. The van der Waals surface area contributed by atoms with Crippen LogP contribution in [0.4, 0.5) is 10.5 Å². The zero-order valence-corrected chi connectivity index (χ0v) is 19.8. The first-order valence-corrected chi connectivity index (χ1v) is 11.8. The molecule has 178 valence electrons. The number of anilines is 1. The standard InChI is InChI=1S/C27H32N4O3/c1-3-34-25-15-11-22(12-16-25)28-27(33)31(23-13-14-23)20-26(32)30(18-21-8-5-4-6-9-21)19-24-10-7-17-29(24)2/h4-12,15-17,23H,3,13-14,18-20H2,1-2H3,(H,28,33). The Morgan fingerprint density at radius 3 is 2.35 bits per heavy atom. The van der Waals surface area contributed by atoms with Gasteiger partial charge in [0.2, 0.25) is 5.91 Å². The number of aromatic nitrogens is 1. The molecule has 1 aromatic heterocycles. The highest BCUT2D eigenvalue weighted by Gasteiger charge is 2.35. The van der Waals surface area contributed by atoms with Crippen molar-refractivity contribution in [2.24, 2.45) is 7.05 Å². The molecule has 0 spiro atoms. The molecule has 3 aromatic rings. The number of aryl methyl sites for hydroxylation is 1. The molecule has 0 atom stereocenters. The van der Waals surface area contributed by atoms with Crippen molar-refractivity contribution in [1.29, 1.82) is 0 Å². The maximum absolute atomic E-state index is 13.5. The Balaban J connectivity index is 1.46. The van der Waals surface area contributed by atoms with Gasteiger partial charge in [0.05, 0.1) is 13.2 Å². The van der Waals surface area contributed by atoms with Crippen molar-refractivity contribution in [1.82, 2.24) is 14.4 Å². The van der Waals surface area contributed by atoms with E-state index in [-0.39, 0.29) is 24.5 Å². The van der Waals surface area contributed by atoms with Gasteiger partial charge in [-0.15, -0.1) is 0 Å². The molecule has 1 saturated carbocycles. The van der Waals surface area contributed by atoms with Gasteiger partial charge in [0.1, 0.15) is 12.3 Å². The van der Waals surface area contributed by atoms with Crippen molar-refractivity contribution in [3.8, 4) is 5.75 Å². The molecular weight excluding hydrogens is 428 g/mol. The lowest BCUT2D eigenvalue weighted by molar-refractivity contribution is -0.133. The molecule has 7 heteroatoms. The maximum atomic E-state index is 13.5. The summed E-state index contributed by atoms with van der Waals surface area (Å²) in [7, 11) is 1.97. The summed E-state index contributed by atoms with van der Waals surface area (Å²) in [4.78, 5) is 30.1. The summed E-state index contributed by atoms with van der Waals surface area (Å²) in [5.41, 5.74) is 2.78. The van der Waals surface area contributed by atoms with E-state index in [1.807, 2.05) is 96.4 Å². The van der Waals surface area contributed by atoms with Crippen molar-refractivity contribution in [3.05, 3.63) is 84.2 Å². The first-order valence-electron chi connectivity index (χ1n) is 11.8. The second-order valence-electron chi connectivity index (χ2n) is 8.59. The van der Waals surface area contributed by atoms with Crippen LogP contribution in [0.1, 0.15) is 31.0 Å². The number of nitrogens with zero attached hydrogens (tertiary/aromatic N) is 3.